The lowest BCUT2D eigenvalue weighted by molar-refractivity contribution is 0.140. The summed E-state index contributed by atoms with van der Waals surface area (Å²) >= 11 is 3.55. The number of benzene rings is 1. The van der Waals surface area contributed by atoms with Gasteiger partial charge in [0, 0.05) is 16.9 Å². The van der Waals surface area contributed by atoms with Crippen LogP contribution in [0.4, 0.5) is 0 Å². The maximum absolute atomic E-state index is 6.14. The third-order valence-corrected chi connectivity index (χ3v) is 3.95. The van der Waals surface area contributed by atoms with Crippen molar-refractivity contribution in [3.63, 3.8) is 0 Å². The van der Waals surface area contributed by atoms with E-state index >= 15 is 0 Å². The highest BCUT2D eigenvalue weighted by atomic mass is 79.9. The Kier molecular flexibility index (Phi) is 5.25. The largest absolute Gasteiger partial charge is 0.487 e. The van der Waals surface area contributed by atoms with Gasteiger partial charge in [-0.3, -0.25) is 0 Å². The van der Waals surface area contributed by atoms with E-state index in [0.717, 1.165) is 41.7 Å². The van der Waals surface area contributed by atoms with Crippen molar-refractivity contribution in [1.29, 1.82) is 0 Å². The number of rotatable bonds is 5. The molecule has 2 N–H and O–H groups in total. The van der Waals surface area contributed by atoms with Gasteiger partial charge in [-0.2, -0.15) is 0 Å². The molecule has 1 aliphatic rings. The summed E-state index contributed by atoms with van der Waals surface area (Å²) in [6, 6.07) is 4.38. The van der Waals surface area contributed by atoms with Gasteiger partial charge < -0.3 is 15.2 Å². The first-order valence-corrected chi connectivity index (χ1v) is 7.68. The highest BCUT2D eigenvalue weighted by molar-refractivity contribution is 9.10. The van der Waals surface area contributed by atoms with E-state index in [1.807, 2.05) is 0 Å². The molecule has 2 atom stereocenters. The van der Waals surface area contributed by atoms with E-state index < -0.39 is 0 Å². The van der Waals surface area contributed by atoms with Crippen molar-refractivity contribution >= 4 is 15.9 Å². The molecule has 0 aromatic heterocycles. The van der Waals surface area contributed by atoms with E-state index in [9.17, 15) is 0 Å². The van der Waals surface area contributed by atoms with Gasteiger partial charge in [-0.15, -0.1) is 0 Å². The van der Waals surface area contributed by atoms with Crippen LogP contribution in [0.2, 0.25) is 0 Å². The van der Waals surface area contributed by atoms with Crippen LogP contribution in [0.5, 0.6) is 5.75 Å². The number of hydrogen-bond acceptors (Lipinski definition) is 3. The predicted octanol–water partition coefficient (Wildman–Crippen LogP) is 3.21. The van der Waals surface area contributed by atoms with Crippen molar-refractivity contribution < 1.29 is 9.47 Å². The van der Waals surface area contributed by atoms with Crippen LogP contribution in [0.1, 0.15) is 30.9 Å². The van der Waals surface area contributed by atoms with E-state index in [0.29, 0.717) is 6.61 Å². The summed E-state index contributed by atoms with van der Waals surface area (Å²) < 4.78 is 12.6. The Morgan fingerprint density at radius 3 is 2.95 bits per heavy atom. The van der Waals surface area contributed by atoms with Crippen LogP contribution >= 0.6 is 15.9 Å². The Hall–Kier alpha value is -0.580. The second-order valence-electron chi connectivity index (χ2n) is 5.19. The van der Waals surface area contributed by atoms with Gasteiger partial charge in [0.05, 0.1) is 13.2 Å². The summed E-state index contributed by atoms with van der Waals surface area (Å²) in [7, 11) is 0. The fourth-order valence-electron chi connectivity index (χ4n) is 2.32. The Labute approximate surface area is 123 Å². The molecule has 3 nitrogen and oxygen atoms in total. The molecule has 2 unspecified atom stereocenters. The number of hydrogen-bond donors (Lipinski definition) is 1. The first kappa shape index (κ1) is 14.8. The Balaban J connectivity index is 2.22. The van der Waals surface area contributed by atoms with Crippen LogP contribution in [0.15, 0.2) is 16.6 Å². The highest BCUT2D eigenvalue weighted by Gasteiger charge is 2.20. The van der Waals surface area contributed by atoms with E-state index in [1.54, 1.807) is 0 Å². The molecule has 0 radical (unpaired) electrons. The SMILES string of the molecule is CCC(N)Cc1cc(Br)cc(C)c1OC1CCOC1. The zero-order valence-corrected chi connectivity index (χ0v) is 13.2. The Morgan fingerprint density at radius 2 is 2.32 bits per heavy atom. The molecule has 2 rings (SSSR count). The van der Waals surface area contributed by atoms with E-state index in [1.165, 1.54) is 5.56 Å². The van der Waals surface area contributed by atoms with Gasteiger partial charge in [0.1, 0.15) is 11.9 Å². The van der Waals surface area contributed by atoms with Crippen LogP contribution in [0.3, 0.4) is 0 Å². The molecule has 1 aromatic rings. The maximum Gasteiger partial charge on any atom is 0.126 e. The van der Waals surface area contributed by atoms with E-state index in [4.69, 9.17) is 15.2 Å². The first-order chi connectivity index (χ1) is 9.10. The first-order valence-electron chi connectivity index (χ1n) is 6.89. The van der Waals surface area contributed by atoms with E-state index in [-0.39, 0.29) is 12.1 Å². The summed E-state index contributed by atoms with van der Waals surface area (Å²) in [5.41, 5.74) is 8.43. The molecule has 0 saturated carbocycles. The Bertz CT molecular complexity index is 430. The van der Waals surface area contributed by atoms with Crippen molar-refractivity contribution in [3.05, 3.63) is 27.7 Å². The van der Waals surface area contributed by atoms with Gasteiger partial charge in [-0.1, -0.05) is 22.9 Å². The van der Waals surface area contributed by atoms with Crippen LogP contribution < -0.4 is 10.5 Å². The van der Waals surface area contributed by atoms with Gasteiger partial charge >= 0.3 is 0 Å². The molecule has 0 amide bonds. The van der Waals surface area contributed by atoms with Crippen molar-refractivity contribution in [2.24, 2.45) is 5.73 Å². The molecule has 19 heavy (non-hydrogen) atoms. The standard InChI is InChI=1S/C15H22BrNO2/c1-3-13(17)8-11-7-12(16)6-10(2)15(11)19-14-4-5-18-9-14/h6-7,13-14H,3-5,8-9,17H2,1-2H3. The van der Waals surface area contributed by atoms with Crippen molar-refractivity contribution in [2.45, 2.75) is 45.3 Å². The highest BCUT2D eigenvalue weighted by Crippen LogP contribution is 2.31. The topological polar surface area (TPSA) is 44.5 Å². The lowest BCUT2D eigenvalue weighted by Crippen LogP contribution is -2.23. The van der Waals surface area contributed by atoms with Crippen LogP contribution in [0.25, 0.3) is 0 Å². The molecule has 4 heteroatoms. The lowest BCUT2D eigenvalue weighted by Gasteiger charge is -2.20. The zero-order chi connectivity index (χ0) is 13.8. The maximum atomic E-state index is 6.14. The average molecular weight is 328 g/mol. The monoisotopic (exact) mass is 327 g/mol. The summed E-state index contributed by atoms with van der Waals surface area (Å²) in [5.74, 6) is 0.989. The van der Waals surface area contributed by atoms with E-state index in [2.05, 4.69) is 41.9 Å². The molecule has 0 bridgehead atoms. The molecule has 1 fully saturated rings. The van der Waals surface area contributed by atoms with Gasteiger partial charge in [0.15, 0.2) is 0 Å². The zero-order valence-electron chi connectivity index (χ0n) is 11.6. The van der Waals surface area contributed by atoms with Gasteiger partial charge in [0.2, 0.25) is 0 Å². The van der Waals surface area contributed by atoms with Crippen molar-refractivity contribution in [3.8, 4) is 5.75 Å². The predicted molar refractivity (Wildman–Crippen MR) is 80.7 cm³/mol. The molecule has 0 aliphatic carbocycles. The molecule has 0 spiro atoms. The average Bonchev–Trinajstić information content (AvgIpc) is 2.86. The number of aryl methyl sites for hydroxylation is 1. The Morgan fingerprint density at radius 1 is 1.53 bits per heavy atom. The molecular weight excluding hydrogens is 306 g/mol. The minimum atomic E-state index is 0.177. The third kappa shape index (κ3) is 3.94. The summed E-state index contributed by atoms with van der Waals surface area (Å²) in [6.45, 7) is 5.68. The van der Waals surface area contributed by atoms with Crippen LogP contribution in [0, 0.1) is 6.92 Å². The number of ether oxygens (including phenoxy) is 2. The van der Waals surface area contributed by atoms with Crippen molar-refractivity contribution in [2.75, 3.05) is 13.2 Å². The van der Waals surface area contributed by atoms with Crippen LogP contribution in [-0.2, 0) is 11.2 Å². The smallest absolute Gasteiger partial charge is 0.126 e. The summed E-state index contributed by atoms with van der Waals surface area (Å²) in [6.07, 6.45) is 2.96. The number of nitrogens with two attached hydrogens (primary N) is 1. The molecular formula is C15H22BrNO2. The minimum Gasteiger partial charge on any atom is -0.487 e. The van der Waals surface area contributed by atoms with Gasteiger partial charge in [-0.05, 0) is 43.0 Å². The molecule has 1 aromatic carbocycles. The second kappa shape index (κ2) is 6.73. The fourth-order valence-corrected chi connectivity index (χ4v) is 2.94. The second-order valence-corrected chi connectivity index (χ2v) is 6.10. The summed E-state index contributed by atoms with van der Waals surface area (Å²) in [4.78, 5) is 0. The quantitative estimate of drug-likeness (QED) is 0.903. The molecule has 1 heterocycles. The third-order valence-electron chi connectivity index (χ3n) is 3.50. The molecule has 106 valence electrons. The number of halogens is 1. The fraction of sp³-hybridized carbons (Fsp3) is 0.600. The molecule has 1 saturated heterocycles. The minimum absolute atomic E-state index is 0.177. The normalized spacial score (nSPS) is 20.5. The van der Waals surface area contributed by atoms with Crippen LogP contribution in [-0.4, -0.2) is 25.4 Å². The summed E-state index contributed by atoms with van der Waals surface area (Å²) in [5, 5.41) is 0. The molecule has 1 aliphatic heterocycles. The lowest BCUT2D eigenvalue weighted by atomic mass is 10.0. The van der Waals surface area contributed by atoms with Gasteiger partial charge in [0.25, 0.3) is 0 Å². The van der Waals surface area contributed by atoms with Gasteiger partial charge in [-0.25, -0.2) is 0 Å². The van der Waals surface area contributed by atoms with Crippen molar-refractivity contribution in [1.82, 2.24) is 0 Å².